The van der Waals surface area contributed by atoms with E-state index in [0.717, 1.165) is 12.3 Å². The van der Waals surface area contributed by atoms with E-state index in [1.165, 1.54) is 34.5 Å². The van der Waals surface area contributed by atoms with Crippen molar-refractivity contribution in [1.82, 2.24) is 30.1 Å². The topological polar surface area (TPSA) is 99.6 Å². The predicted octanol–water partition coefficient (Wildman–Crippen LogP) is 2.90. The largest absolute Gasteiger partial charge is 0.468 e. The molecule has 0 spiro atoms. The first-order valence-electron chi connectivity index (χ1n) is 9.73. The Hall–Kier alpha value is -3.96. The van der Waals surface area contributed by atoms with Gasteiger partial charge in [-0.05, 0) is 17.7 Å². The standard InChI is InChI=1S/C20H16F3N7O2/c21-13-3-11(4-14(22)5-13)17-1-2-27-30(17)20(31)29-9-15(10-29)32-19-16(23)8-24-18(28-19)12-6-25-26-7-12/h2-8,15,17H,1,9-10H2,(H,25,26). The lowest BCUT2D eigenvalue weighted by atomic mass is 10.0. The van der Waals surface area contributed by atoms with E-state index in [2.05, 4.69) is 25.3 Å². The molecule has 32 heavy (non-hydrogen) atoms. The molecule has 1 unspecified atom stereocenters. The highest BCUT2D eigenvalue weighted by atomic mass is 19.1. The zero-order valence-corrected chi connectivity index (χ0v) is 16.5. The number of carbonyl (C=O) groups is 1. The van der Waals surface area contributed by atoms with Crippen molar-refractivity contribution in [2.24, 2.45) is 5.10 Å². The Morgan fingerprint density at radius 3 is 2.62 bits per heavy atom. The molecule has 0 bridgehead atoms. The second-order valence-corrected chi connectivity index (χ2v) is 7.36. The molecule has 12 heteroatoms. The number of amides is 2. The third kappa shape index (κ3) is 3.74. The second-order valence-electron chi connectivity index (χ2n) is 7.36. The number of H-pyrrole nitrogens is 1. The summed E-state index contributed by atoms with van der Waals surface area (Å²) in [5.41, 5.74) is 0.892. The Balaban J connectivity index is 1.23. The van der Waals surface area contributed by atoms with Gasteiger partial charge in [-0.15, -0.1) is 0 Å². The summed E-state index contributed by atoms with van der Waals surface area (Å²) in [7, 11) is 0. The molecule has 1 N–H and O–H groups in total. The monoisotopic (exact) mass is 443 g/mol. The van der Waals surface area contributed by atoms with Crippen molar-refractivity contribution in [3.05, 3.63) is 59.8 Å². The smallest absolute Gasteiger partial charge is 0.341 e. The Bertz CT molecular complexity index is 1160. The minimum absolute atomic E-state index is 0.180. The molecule has 2 aliphatic rings. The van der Waals surface area contributed by atoms with Gasteiger partial charge in [-0.2, -0.15) is 19.6 Å². The number of halogens is 3. The van der Waals surface area contributed by atoms with Gasteiger partial charge in [0.15, 0.2) is 5.82 Å². The van der Waals surface area contributed by atoms with Crippen LogP contribution in [-0.2, 0) is 0 Å². The first-order valence-corrected chi connectivity index (χ1v) is 9.73. The Labute approximate surface area is 179 Å². The molecule has 1 aromatic carbocycles. The van der Waals surface area contributed by atoms with Crippen LogP contribution in [0.4, 0.5) is 18.0 Å². The summed E-state index contributed by atoms with van der Waals surface area (Å²) in [6.45, 7) is 0.360. The van der Waals surface area contributed by atoms with Crippen LogP contribution in [0.5, 0.6) is 5.88 Å². The number of likely N-dealkylation sites (tertiary alicyclic amines) is 1. The molecule has 9 nitrogen and oxygen atoms in total. The summed E-state index contributed by atoms with van der Waals surface area (Å²) < 4.78 is 46.9. The fourth-order valence-corrected chi connectivity index (χ4v) is 3.56. The first kappa shape index (κ1) is 20.0. The van der Waals surface area contributed by atoms with Crippen molar-refractivity contribution < 1.29 is 22.7 Å². The lowest BCUT2D eigenvalue weighted by molar-refractivity contribution is 0.0230. The number of carbonyl (C=O) groups excluding carboxylic acids is 1. The zero-order chi connectivity index (χ0) is 22.2. The van der Waals surface area contributed by atoms with E-state index < -0.39 is 35.6 Å². The molecule has 2 aromatic heterocycles. The van der Waals surface area contributed by atoms with Gasteiger partial charge in [-0.3, -0.25) is 5.10 Å². The summed E-state index contributed by atoms with van der Waals surface area (Å²) in [6.07, 6.45) is 5.46. The number of hydrazone groups is 1. The fraction of sp³-hybridized carbons (Fsp3) is 0.250. The summed E-state index contributed by atoms with van der Waals surface area (Å²) in [5, 5.41) is 11.7. The van der Waals surface area contributed by atoms with Crippen LogP contribution in [0.2, 0.25) is 0 Å². The van der Waals surface area contributed by atoms with E-state index in [1.54, 1.807) is 6.20 Å². The molecule has 1 fully saturated rings. The first-order chi connectivity index (χ1) is 15.5. The molecular formula is C20H16F3N7O2. The Kier molecular flexibility index (Phi) is 4.96. The quantitative estimate of drug-likeness (QED) is 0.669. The molecule has 0 radical (unpaired) electrons. The SMILES string of the molecule is O=C(N1CC(Oc2nc(-c3cn[nH]c3)ncc2F)C1)N1N=CCC1c1cc(F)cc(F)c1. The number of nitrogens with one attached hydrogen (secondary N) is 1. The molecule has 2 amide bonds. The van der Waals surface area contributed by atoms with Crippen molar-refractivity contribution in [3.63, 3.8) is 0 Å². The highest BCUT2D eigenvalue weighted by Crippen LogP contribution is 2.31. The van der Waals surface area contributed by atoms with Crippen LogP contribution in [0.3, 0.4) is 0 Å². The van der Waals surface area contributed by atoms with Crippen LogP contribution < -0.4 is 4.74 Å². The second kappa shape index (κ2) is 7.94. The van der Waals surface area contributed by atoms with E-state index in [4.69, 9.17) is 4.74 Å². The molecular weight excluding hydrogens is 427 g/mol. The number of ether oxygens (including phenoxy) is 1. The average molecular weight is 443 g/mol. The lowest BCUT2D eigenvalue weighted by Gasteiger charge is -2.40. The van der Waals surface area contributed by atoms with E-state index in [-0.39, 0.29) is 24.8 Å². The van der Waals surface area contributed by atoms with Crippen LogP contribution in [0.1, 0.15) is 18.0 Å². The van der Waals surface area contributed by atoms with Gasteiger partial charge < -0.3 is 9.64 Å². The summed E-state index contributed by atoms with van der Waals surface area (Å²) in [5.74, 6) is -2.14. The zero-order valence-electron chi connectivity index (χ0n) is 16.5. The minimum atomic E-state index is -0.724. The molecule has 5 rings (SSSR count). The fourth-order valence-electron chi connectivity index (χ4n) is 3.56. The molecule has 2 aliphatic heterocycles. The highest BCUT2D eigenvalue weighted by Gasteiger charge is 2.39. The molecule has 164 valence electrons. The number of benzene rings is 1. The van der Waals surface area contributed by atoms with Gasteiger partial charge in [-0.1, -0.05) is 0 Å². The number of aromatic nitrogens is 4. The van der Waals surface area contributed by atoms with Crippen molar-refractivity contribution in [2.45, 2.75) is 18.6 Å². The number of hydrogen-bond acceptors (Lipinski definition) is 6. The van der Waals surface area contributed by atoms with E-state index in [1.807, 2.05) is 0 Å². The van der Waals surface area contributed by atoms with Crippen molar-refractivity contribution in [2.75, 3.05) is 13.1 Å². The number of aromatic amines is 1. The van der Waals surface area contributed by atoms with Crippen LogP contribution in [0, 0.1) is 17.5 Å². The number of hydrogen-bond donors (Lipinski definition) is 1. The van der Waals surface area contributed by atoms with Crippen LogP contribution >= 0.6 is 0 Å². The van der Waals surface area contributed by atoms with Gasteiger partial charge in [0.25, 0.3) is 5.88 Å². The lowest BCUT2D eigenvalue weighted by Crippen LogP contribution is -2.59. The third-order valence-electron chi connectivity index (χ3n) is 5.16. The molecule has 3 aromatic rings. The molecule has 1 saturated heterocycles. The number of rotatable bonds is 4. The van der Waals surface area contributed by atoms with E-state index in [0.29, 0.717) is 17.5 Å². The summed E-state index contributed by atoms with van der Waals surface area (Å²) in [6, 6.07) is 2.09. The number of nitrogens with zero attached hydrogens (tertiary/aromatic N) is 6. The van der Waals surface area contributed by atoms with Gasteiger partial charge in [-0.25, -0.2) is 23.6 Å². The van der Waals surface area contributed by atoms with Crippen LogP contribution in [0.25, 0.3) is 11.4 Å². The van der Waals surface area contributed by atoms with Crippen molar-refractivity contribution in [3.8, 4) is 17.3 Å². The average Bonchev–Trinajstić information content (AvgIpc) is 3.42. The van der Waals surface area contributed by atoms with Gasteiger partial charge in [0.2, 0.25) is 5.82 Å². The maximum absolute atomic E-state index is 14.1. The maximum atomic E-state index is 14.1. The number of urea groups is 1. The van der Waals surface area contributed by atoms with Gasteiger partial charge >= 0.3 is 6.03 Å². The van der Waals surface area contributed by atoms with Crippen LogP contribution in [0.15, 0.2) is 41.9 Å². The molecule has 4 heterocycles. The minimum Gasteiger partial charge on any atom is -0.468 e. The molecule has 0 aliphatic carbocycles. The summed E-state index contributed by atoms with van der Waals surface area (Å²) in [4.78, 5) is 22.3. The highest BCUT2D eigenvalue weighted by molar-refractivity contribution is 5.79. The Morgan fingerprint density at radius 1 is 1.12 bits per heavy atom. The van der Waals surface area contributed by atoms with E-state index in [9.17, 15) is 18.0 Å². The third-order valence-corrected chi connectivity index (χ3v) is 5.16. The van der Waals surface area contributed by atoms with E-state index >= 15 is 0 Å². The van der Waals surface area contributed by atoms with Crippen molar-refractivity contribution in [1.29, 1.82) is 0 Å². The van der Waals surface area contributed by atoms with Crippen molar-refractivity contribution >= 4 is 12.2 Å². The summed E-state index contributed by atoms with van der Waals surface area (Å²) >= 11 is 0. The normalized spacial score (nSPS) is 18.2. The van der Waals surface area contributed by atoms with Gasteiger partial charge in [0.05, 0.1) is 37.1 Å². The molecule has 1 atom stereocenters. The predicted molar refractivity (Wildman–Crippen MR) is 105 cm³/mol. The Morgan fingerprint density at radius 2 is 1.91 bits per heavy atom. The van der Waals surface area contributed by atoms with Gasteiger partial charge in [0.1, 0.15) is 17.7 Å². The van der Waals surface area contributed by atoms with Gasteiger partial charge in [0, 0.05) is 24.9 Å². The van der Waals surface area contributed by atoms with Crippen LogP contribution in [-0.4, -0.2) is 61.5 Å². The molecule has 0 saturated carbocycles. The maximum Gasteiger partial charge on any atom is 0.341 e.